The molecule has 0 aliphatic heterocycles. The third kappa shape index (κ3) is 2.45. The summed E-state index contributed by atoms with van der Waals surface area (Å²) in [5.74, 6) is -0.539. The number of carbonyl (C=O) groups excluding carboxylic acids is 1. The zero-order valence-corrected chi connectivity index (χ0v) is 8.25. The largest absolute Gasteiger partial charge is 0.396 e. The fourth-order valence-corrected chi connectivity index (χ4v) is 1.01. The van der Waals surface area contributed by atoms with Crippen LogP contribution in [0.2, 0.25) is 0 Å². The van der Waals surface area contributed by atoms with Crippen molar-refractivity contribution in [2.75, 3.05) is 19.8 Å². The average Bonchev–Trinajstić information content (AvgIpc) is 2.11. The van der Waals surface area contributed by atoms with E-state index in [-0.39, 0.29) is 18.0 Å². The second-order valence-corrected chi connectivity index (χ2v) is 3.32. The number of carbonyl (C=O) groups is 1. The highest BCUT2D eigenvalue weighted by atomic mass is 19.1. The molecule has 1 aromatic carbocycles. The summed E-state index contributed by atoms with van der Waals surface area (Å²) < 4.78 is 13.0. The Morgan fingerprint density at radius 2 is 2.14 bits per heavy atom. The molecule has 0 aromatic heterocycles. The number of nitrogen functional groups attached to an aromatic ring is 1. The summed E-state index contributed by atoms with van der Waals surface area (Å²) >= 11 is 0. The summed E-state index contributed by atoms with van der Waals surface area (Å²) in [5.41, 5.74) is 6.05. The number of amides is 1. The van der Waals surface area contributed by atoms with Crippen LogP contribution in [-0.2, 0) is 11.2 Å². The number of nitrogens with zero attached hydrogens (tertiary/aromatic N) is 1. The van der Waals surface area contributed by atoms with Crippen LogP contribution in [0, 0.1) is 5.82 Å². The van der Waals surface area contributed by atoms with Gasteiger partial charge in [-0.1, -0.05) is 6.07 Å². The Morgan fingerprint density at radius 1 is 1.50 bits per heavy atom. The zero-order valence-electron chi connectivity index (χ0n) is 8.25. The van der Waals surface area contributed by atoms with Crippen molar-refractivity contribution in [1.29, 1.82) is 0 Å². The van der Waals surface area contributed by atoms with Crippen LogP contribution >= 0.6 is 0 Å². The van der Waals surface area contributed by atoms with Gasteiger partial charge in [0.25, 0.3) is 0 Å². The van der Waals surface area contributed by atoms with Gasteiger partial charge in [0.2, 0.25) is 5.91 Å². The van der Waals surface area contributed by atoms with E-state index in [4.69, 9.17) is 5.73 Å². The molecular weight excluding hydrogens is 183 g/mol. The van der Waals surface area contributed by atoms with E-state index in [2.05, 4.69) is 0 Å². The molecule has 1 amide bonds. The van der Waals surface area contributed by atoms with Gasteiger partial charge in [0, 0.05) is 14.1 Å². The maximum Gasteiger partial charge on any atom is 0.226 e. The van der Waals surface area contributed by atoms with Crippen molar-refractivity contribution in [2.45, 2.75) is 6.42 Å². The van der Waals surface area contributed by atoms with Crippen LogP contribution in [0.5, 0.6) is 0 Å². The molecule has 0 aliphatic carbocycles. The van der Waals surface area contributed by atoms with Gasteiger partial charge in [-0.15, -0.1) is 0 Å². The molecule has 1 rings (SSSR count). The monoisotopic (exact) mass is 196 g/mol. The minimum atomic E-state index is -0.478. The van der Waals surface area contributed by atoms with Gasteiger partial charge in [-0.3, -0.25) is 4.79 Å². The Morgan fingerprint density at radius 3 is 2.64 bits per heavy atom. The van der Waals surface area contributed by atoms with Gasteiger partial charge in [0.15, 0.2) is 0 Å². The first-order valence-corrected chi connectivity index (χ1v) is 4.24. The first-order valence-electron chi connectivity index (χ1n) is 4.24. The lowest BCUT2D eigenvalue weighted by Gasteiger charge is -2.10. The molecule has 0 spiro atoms. The van der Waals surface area contributed by atoms with Gasteiger partial charge in [0.05, 0.1) is 12.1 Å². The highest BCUT2D eigenvalue weighted by Gasteiger charge is 2.07. The number of hydrogen-bond donors (Lipinski definition) is 1. The normalized spacial score (nSPS) is 9.93. The van der Waals surface area contributed by atoms with E-state index in [0.717, 1.165) is 0 Å². The van der Waals surface area contributed by atoms with Gasteiger partial charge < -0.3 is 10.6 Å². The van der Waals surface area contributed by atoms with Gasteiger partial charge >= 0.3 is 0 Å². The van der Waals surface area contributed by atoms with Crippen LogP contribution in [-0.4, -0.2) is 24.9 Å². The standard InChI is InChI=1S/C10H13FN2O/c1-13(2)10(14)6-7-3-4-9(12)8(11)5-7/h3-5H,6,12H2,1-2H3. The Hall–Kier alpha value is -1.58. The number of anilines is 1. The lowest BCUT2D eigenvalue weighted by Crippen LogP contribution is -2.23. The molecule has 0 bridgehead atoms. The van der Waals surface area contributed by atoms with Crippen LogP contribution in [0.4, 0.5) is 10.1 Å². The van der Waals surface area contributed by atoms with Gasteiger partial charge in [-0.25, -0.2) is 4.39 Å². The predicted molar refractivity (Wildman–Crippen MR) is 53.2 cm³/mol. The Balaban J connectivity index is 2.78. The summed E-state index contributed by atoms with van der Waals surface area (Å²) in [5, 5.41) is 0. The molecule has 4 heteroatoms. The van der Waals surface area contributed by atoms with Gasteiger partial charge in [0.1, 0.15) is 5.82 Å². The lowest BCUT2D eigenvalue weighted by molar-refractivity contribution is -0.127. The molecule has 1 aromatic rings. The Bertz CT molecular complexity index is 350. The van der Waals surface area contributed by atoms with Crippen molar-refractivity contribution in [3.8, 4) is 0 Å². The molecule has 0 aliphatic rings. The first-order chi connectivity index (χ1) is 6.50. The Labute approximate surface area is 82.3 Å². The second-order valence-electron chi connectivity index (χ2n) is 3.32. The fraction of sp³-hybridized carbons (Fsp3) is 0.300. The fourth-order valence-electron chi connectivity index (χ4n) is 1.01. The zero-order chi connectivity index (χ0) is 10.7. The molecule has 0 radical (unpaired) electrons. The Kier molecular flexibility index (Phi) is 3.06. The molecule has 14 heavy (non-hydrogen) atoms. The molecule has 3 nitrogen and oxygen atoms in total. The maximum absolute atomic E-state index is 13.0. The van der Waals surface area contributed by atoms with Crippen molar-refractivity contribution in [3.05, 3.63) is 29.6 Å². The number of halogens is 1. The number of benzene rings is 1. The van der Waals surface area contributed by atoms with Crippen LogP contribution in [0.1, 0.15) is 5.56 Å². The summed E-state index contributed by atoms with van der Waals surface area (Å²) in [6.07, 6.45) is 0.199. The molecule has 0 saturated heterocycles. The van der Waals surface area contributed by atoms with Crippen LogP contribution in [0.3, 0.4) is 0 Å². The molecule has 0 fully saturated rings. The van der Waals surface area contributed by atoms with Crippen molar-refractivity contribution in [3.63, 3.8) is 0 Å². The minimum Gasteiger partial charge on any atom is -0.396 e. The number of hydrogen-bond acceptors (Lipinski definition) is 2. The predicted octanol–water partition coefficient (Wildman–Crippen LogP) is 1.04. The molecule has 0 heterocycles. The summed E-state index contributed by atoms with van der Waals surface area (Å²) in [6.45, 7) is 0. The van der Waals surface area contributed by atoms with E-state index in [9.17, 15) is 9.18 Å². The highest BCUT2D eigenvalue weighted by molar-refractivity contribution is 5.78. The quantitative estimate of drug-likeness (QED) is 0.718. The smallest absolute Gasteiger partial charge is 0.226 e. The van der Waals surface area contributed by atoms with Crippen molar-refractivity contribution in [1.82, 2.24) is 4.90 Å². The summed E-state index contributed by atoms with van der Waals surface area (Å²) in [4.78, 5) is 12.7. The molecule has 0 saturated carbocycles. The SMILES string of the molecule is CN(C)C(=O)Cc1ccc(N)c(F)c1. The molecule has 0 unspecified atom stereocenters. The third-order valence-corrected chi connectivity index (χ3v) is 1.92. The van der Waals surface area contributed by atoms with Gasteiger partial charge in [-0.05, 0) is 17.7 Å². The van der Waals surface area contributed by atoms with E-state index in [1.807, 2.05) is 0 Å². The molecule has 2 N–H and O–H groups in total. The van der Waals surface area contributed by atoms with Crippen molar-refractivity contribution in [2.24, 2.45) is 0 Å². The van der Waals surface area contributed by atoms with E-state index in [1.54, 1.807) is 20.2 Å². The first kappa shape index (κ1) is 10.5. The van der Waals surface area contributed by atoms with E-state index in [1.165, 1.54) is 17.0 Å². The number of likely N-dealkylation sites (N-methyl/N-ethyl adjacent to an activating group) is 1. The van der Waals surface area contributed by atoms with Crippen molar-refractivity contribution < 1.29 is 9.18 Å². The summed E-state index contributed by atoms with van der Waals surface area (Å²) in [7, 11) is 3.33. The molecule has 0 atom stereocenters. The minimum absolute atomic E-state index is 0.0610. The lowest BCUT2D eigenvalue weighted by atomic mass is 10.1. The number of rotatable bonds is 2. The van der Waals surface area contributed by atoms with E-state index >= 15 is 0 Å². The van der Waals surface area contributed by atoms with Crippen LogP contribution in [0.25, 0.3) is 0 Å². The maximum atomic E-state index is 13.0. The van der Waals surface area contributed by atoms with Gasteiger partial charge in [-0.2, -0.15) is 0 Å². The van der Waals surface area contributed by atoms with Crippen LogP contribution < -0.4 is 5.73 Å². The second kappa shape index (κ2) is 4.09. The topological polar surface area (TPSA) is 46.3 Å². The van der Waals surface area contributed by atoms with Crippen molar-refractivity contribution >= 4 is 11.6 Å². The van der Waals surface area contributed by atoms with Crippen LogP contribution in [0.15, 0.2) is 18.2 Å². The van der Waals surface area contributed by atoms with E-state index < -0.39 is 5.82 Å². The van der Waals surface area contributed by atoms with E-state index in [0.29, 0.717) is 5.56 Å². The molecular formula is C10H13FN2O. The highest BCUT2D eigenvalue weighted by Crippen LogP contribution is 2.12. The average molecular weight is 196 g/mol. The number of nitrogens with two attached hydrogens (primary N) is 1. The third-order valence-electron chi connectivity index (χ3n) is 1.92. The summed E-state index contributed by atoms with van der Waals surface area (Å²) in [6, 6.07) is 4.41. The molecule has 76 valence electrons.